The van der Waals surface area contributed by atoms with Crippen molar-refractivity contribution >= 4 is 28.5 Å². The molecular weight excluding hydrogens is 208 g/mol. The van der Waals surface area contributed by atoms with Crippen molar-refractivity contribution in [2.75, 3.05) is 37.1 Å². The molecule has 0 aliphatic carbocycles. The summed E-state index contributed by atoms with van der Waals surface area (Å²) in [5.74, 6) is 0. The summed E-state index contributed by atoms with van der Waals surface area (Å²) in [4.78, 5) is 0. The smallest absolute Gasteiger partial charge is 0.458 e. The molecule has 1 aromatic heterocycles. The van der Waals surface area contributed by atoms with Crippen molar-refractivity contribution in [2.45, 2.75) is 0 Å². The Labute approximate surface area is 92.8 Å². The second kappa shape index (κ2) is 3.80. The summed E-state index contributed by atoms with van der Waals surface area (Å²) in [6.45, 7) is 0. The number of hydrogen-bond acceptors (Lipinski definition) is 5. The van der Waals surface area contributed by atoms with E-state index < -0.39 is 0 Å². The average molecular weight is 222 g/mol. The summed E-state index contributed by atoms with van der Waals surface area (Å²) < 4.78 is 6.09. The van der Waals surface area contributed by atoms with Gasteiger partial charge in [-0.1, -0.05) is 0 Å². The lowest BCUT2D eigenvalue weighted by atomic mass is 10.2. The Morgan fingerprint density at radius 1 is 1.06 bits per heavy atom. The second-order valence-corrected chi connectivity index (χ2v) is 3.32. The Morgan fingerprint density at radius 3 is 2.25 bits per heavy atom. The van der Waals surface area contributed by atoms with Crippen LogP contribution in [0, 0.1) is 5.21 Å². The zero-order chi connectivity index (χ0) is 11.7. The Balaban J connectivity index is 2.71. The Hall–Kier alpha value is -2.11. The van der Waals surface area contributed by atoms with Gasteiger partial charge in [-0.15, -0.1) is 0 Å². The highest BCUT2D eigenvalue weighted by Gasteiger charge is 2.15. The molecule has 3 N–H and O–H groups in total. The number of nitrogens with zero attached hydrogens (tertiary/aromatic N) is 1. The SMILES string of the molecule is CNc1cc2oc(NC)[n+]([O-])c2cc1NC. The first-order chi connectivity index (χ1) is 7.71. The van der Waals surface area contributed by atoms with Crippen molar-refractivity contribution in [3.05, 3.63) is 17.3 Å². The standard InChI is InChI=1S/C10H14N4O2/c1-11-6-4-8-9(5-7(6)12-2)16-10(13-3)14(8)15/h4-5,11-13H,1-3H3. The molecule has 0 aliphatic rings. The van der Waals surface area contributed by atoms with Crippen LogP contribution in [-0.2, 0) is 0 Å². The molecule has 0 unspecified atom stereocenters. The number of fused-ring (bicyclic) bond motifs is 1. The van der Waals surface area contributed by atoms with E-state index in [1.807, 2.05) is 7.05 Å². The summed E-state index contributed by atoms with van der Waals surface area (Å²) in [5.41, 5.74) is 2.77. The fourth-order valence-corrected chi connectivity index (χ4v) is 1.63. The van der Waals surface area contributed by atoms with Crippen LogP contribution in [0.4, 0.5) is 17.4 Å². The summed E-state index contributed by atoms with van der Waals surface area (Å²) in [7, 11) is 5.26. The first-order valence-corrected chi connectivity index (χ1v) is 4.94. The van der Waals surface area contributed by atoms with Crippen molar-refractivity contribution in [3.8, 4) is 0 Å². The third-order valence-corrected chi connectivity index (χ3v) is 2.46. The molecule has 0 atom stereocenters. The molecule has 1 heterocycles. The minimum Gasteiger partial charge on any atom is -0.708 e. The van der Waals surface area contributed by atoms with Gasteiger partial charge in [-0.3, -0.25) is 0 Å². The maximum Gasteiger partial charge on any atom is 0.458 e. The molecule has 0 saturated carbocycles. The van der Waals surface area contributed by atoms with Gasteiger partial charge < -0.3 is 20.3 Å². The maximum absolute atomic E-state index is 11.7. The third kappa shape index (κ3) is 1.39. The van der Waals surface area contributed by atoms with E-state index in [0.29, 0.717) is 11.1 Å². The largest absolute Gasteiger partial charge is 0.708 e. The van der Waals surface area contributed by atoms with Gasteiger partial charge in [-0.05, 0) is 0 Å². The van der Waals surface area contributed by atoms with Crippen LogP contribution in [0.2, 0.25) is 0 Å². The summed E-state index contributed by atoms with van der Waals surface area (Å²) in [6, 6.07) is 3.72. The molecule has 2 aromatic rings. The van der Waals surface area contributed by atoms with Gasteiger partial charge in [-0.25, -0.2) is 5.32 Å². The molecular formula is C10H14N4O2. The van der Waals surface area contributed by atoms with Gasteiger partial charge in [-0.2, -0.15) is 4.73 Å². The maximum atomic E-state index is 11.7. The molecule has 2 rings (SSSR count). The van der Waals surface area contributed by atoms with E-state index in [4.69, 9.17) is 4.42 Å². The van der Waals surface area contributed by atoms with Crippen LogP contribution in [-0.4, -0.2) is 21.1 Å². The number of hydrogen-bond donors (Lipinski definition) is 3. The highest BCUT2D eigenvalue weighted by molar-refractivity contribution is 5.85. The van der Waals surface area contributed by atoms with Crippen LogP contribution < -0.4 is 20.7 Å². The molecule has 6 heteroatoms. The van der Waals surface area contributed by atoms with Gasteiger partial charge in [0.05, 0.1) is 18.4 Å². The van der Waals surface area contributed by atoms with Crippen LogP contribution in [0.15, 0.2) is 16.5 Å². The van der Waals surface area contributed by atoms with Gasteiger partial charge in [0.25, 0.3) is 0 Å². The van der Waals surface area contributed by atoms with Crippen LogP contribution in [0.3, 0.4) is 0 Å². The van der Waals surface area contributed by atoms with Gasteiger partial charge in [0.2, 0.25) is 0 Å². The molecule has 0 bridgehead atoms. The molecule has 86 valence electrons. The lowest BCUT2D eigenvalue weighted by Gasteiger charge is -2.07. The zero-order valence-electron chi connectivity index (χ0n) is 9.42. The minimum absolute atomic E-state index is 0.185. The monoisotopic (exact) mass is 222 g/mol. The summed E-state index contributed by atoms with van der Waals surface area (Å²) in [6.07, 6.45) is 0. The zero-order valence-corrected chi connectivity index (χ0v) is 9.42. The highest BCUT2D eigenvalue weighted by atomic mass is 16.5. The van der Waals surface area contributed by atoms with E-state index in [1.165, 1.54) is 0 Å². The molecule has 0 fully saturated rings. The van der Waals surface area contributed by atoms with E-state index in [2.05, 4.69) is 16.0 Å². The third-order valence-electron chi connectivity index (χ3n) is 2.46. The predicted octanol–water partition coefficient (Wildman–Crippen LogP) is 1.19. The molecule has 0 amide bonds. The highest BCUT2D eigenvalue weighted by Crippen LogP contribution is 2.28. The van der Waals surface area contributed by atoms with E-state index in [9.17, 15) is 5.21 Å². The van der Waals surface area contributed by atoms with Gasteiger partial charge >= 0.3 is 6.01 Å². The van der Waals surface area contributed by atoms with Crippen LogP contribution in [0.5, 0.6) is 0 Å². The Bertz CT molecular complexity index is 521. The Morgan fingerprint density at radius 2 is 1.69 bits per heavy atom. The van der Waals surface area contributed by atoms with Crippen molar-refractivity contribution in [2.24, 2.45) is 0 Å². The molecule has 16 heavy (non-hydrogen) atoms. The lowest BCUT2D eigenvalue weighted by molar-refractivity contribution is -0.565. The van der Waals surface area contributed by atoms with Crippen LogP contribution in [0.25, 0.3) is 11.1 Å². The van der Waals surface area contributed by atoms with Gasteiger partial charge in [0, 0.05) is 26.2 Å². The molecule has 6 nitrogen and oxygen atoms in total. The van der Waals surface area contributed by atoms with E-state index in [0.717, 1.165) is 16.1 Å². The molecule has 0 saturated heterocycles. The van der Waals surface area contributed by atoms with E-state index in [1.54, 1.807) is 26.2 Å². The summed E-state index contributed by atoms with van der Waals surface area (Å²) in [5, 5.41) is 20.5. The first kappa shape index (κ1) is 10.4. The molecule has 1 aromatic carbocycles. The van der Waals surface area contributed by atoms with Crippen molar-refractivity contribution in [1.29, 1.82) is 0 Å². The Kier molecular flexibility index (Phi) is 2.47. The number of rotatable bonds is 3. The molecule has 0 radical (unpaired) electrons. The van der Waals surface area contributed by atoms with Crippen LogP contribution in [0.1, 0.15) is 0 Å². The fraction of sp³-hybridized carbons (Fsp3) is 0.300. The van der Waals surface area contributed by atoms with Crippen molar-refractivity contribution < 1.29 is 9.15 Å². The lowest BCUT2D eigenvalue weighted by Crippen LogP contribution is -2.27. The normalized spacial score (nSPS) is 10.4. The molecule has 0 aliphatic heterocycles. The minimum atomic E-state index is 0.185. The van der Waals surface area contributed by atoms with Gasteiger partial charge in [0.15, 0.2) is 11.1 Å². The number of benzene rings is 1. The summed E-state index contributed by atoms with van der Waals surface area (Å²) >= 11 is 0. The quantitative estimate of drug-likeness (QED) is 0.537. The van der Waals surface area contributed by atoms with Crippen molar-refractivity contribution in [1.82, 2.24) is 0 Å². The topological polar surface area (TPSA) is 76.2 Å². The number of aromatic nitrogens is 1. The first-order valence-electron chi connectivity index (χ1n) is 4.94. The van der Waals surface area contributed by atoms with E-state index in [-0.39, 0.29) is 6.01 Å². The molecule has 0 spiro atoms. The predicted molar refractivity (Wildman–Crippen MR) is 63.8 cm³/mol. The number of nitrogens with one attached hydrogen (secondary N) is 3. The second-order valence-electron chi connectivity index (χ2n) is 3.32. The average Bonchev–Trinajstić information content (AvgIpc) is 2.63. The van der Waals surface area contributed by atoms with Gasteiger partial charge in [0.1, 0.15) is 0 Å². The fourth-order valence-electron chi connectivity index (χ4n) is 1.63. The van der Waals surface area contributed by atoms with E-state index >= 15 is 0 Å². The van der Waals surface area contributed by atoms with Crippen molar-refractivity contribution in [3.63, 3.8) is 0 Å². The van der Waals surface area contributed by atoms with Crippen LogP contribution >= 0.6 is 0 Å². The number of oxazole rings is 1. The number of anilines is 3.